The lowest BCUT2D eigenvalue weighted by Crippen LogP contribution is -2.54. The predicted octanol–water partition coefficient (Wildman–Crippen LogP) is 3.33. The summed E-state index contributed by atoms with van der Waals surface area (Å²) in [6.45, 7) is 3.90. The Labute approximate surface area is 236 Å². The van der Waals surface area contributed by atoms with E-state index in [1.807, 2.05) is 16.8 Å². The first kappa shape index (κ1) is 27.8. The van der Waals surface area contributed by atoms with Gasteiger partial charge in [-0.3, -0.25) is 10.1 Å². The van der Waals surface area contributed by atoms with Crippen molar-refractivity contribution in [3.8, 4) is 11.3 Å². The Morgan fingerprint density at radius 3 is 2.74 bits per heavy atom. The van der Waals surface area contributed by atoms with Gasteiger partial charge in [0.05, 0.1) is 35.6 Å². The third-order valence-electron chi connectivity index (χ3n) is 7.28. The topological polar surface area (TPSA) is 125 Å². The van der Waals surface area contributed by atoms with E-state index in [0.29, 0.717) is 53.7 Å². The molecule has 3 aromatic rings. The molecule has 39 heavy (non-hydrogen) atoms. The zero-order valence-corrected chi connectivity index (χ0v) is 23.1. The number of aliphatic hydroxyl groups is 2. The number of amides is 1. The fourth-order valence-electron chi connectivity index (χ4n) is 5.01. The fourth-order valence-corrected chi connectivity index (χ4v) is 5.41. The van der Waals surface area contributed by atoms with E-state index in [1.54, 1.807) is 42.3 Å². The van der Waals surface area contributed by atoms with Crippen LogP contribution in [0.25, 0.3) is 11.3 Å². The molecule has 2 aliphatic heterocycles. The summed E-state index contributed by atoms with van der Waals surface area (Å²) in [6, 6.07) is 7.98. The average Bonchev–Trinajstić information content (AvgIpc) is 3.38. The van der Waals surface area contributed by atoms with E-state index in [9.17, 15) is 15.0 Å². The number of carbonyl (C=O) groups excluding carboxylic acids is 1. The summed E-state index contributed by atoms with van der Waals surface area (Å²) in [4.78, 5) is 24.1. The van der Waals surface area contributed by atoms with Gasteiger partial charge >= 0.3 is 0 Å². The smallest absolute Gasteiger partial charge is 0.270 e. The van der Waals surface area contributed by atoms with Crippen molar-refractivity contribution < 1.29 is 19.7 Å². The molecule has 0 saturated carbocycles. The number of nitrogens with zero attached hydrogens (tertiary/aromatic N) is 4. The minimum Gasteiger partial charge on any atom is -0.394 e. The molecule has 4 heterocycles. The van der Waals surface area contributed by atoms with Gasteiger partial charge in [0.2, 0.25) is 5.95 Å². The molecule has 1 saturated heterocycles. The molecule has 0 radical (unpaired) electrons. The van der Waals surface area contributed by atoms with Crippen molar-refractivity contribution >= 4 is 35.1 Å². The van der Waals surface area contributed by atoms with Gasteiger partial charge in [-0.05, 0) is 43.5 Å². The predicted molar refractivity (Wildman–Crippen MR) is 149 cm³/mol. The number of aliphatic hydroxyl groups excluding tert-OH is 2. The number of rotatable bonds is 9. The van der Waals surface area contributed by atoms with Crippen LogP contribution in [0.4, 0.5) is 5.95 Å². The van der Waals surface area contributed by atoms with Gasteiger partial charge in [-0.2, -0.15) is 0 Å². The fraction of sp³-hybridized carbons (Fsp3) is 0.444. The Morgan fingerprint density at radius 1 is 1.21 bits per heavy atom. The molecule has 2 aliphatic rings. The lowest BCUT2D eigenvalue weighted by Gasteiger charge is -2.37. The Balaban J connectivity index is 1.30. The minimum absolute atomic E-state index is 0.213. The summed E-state index contributed by atoms with van der Waals surface area (Å²) in [5, 5.41) is 28.2. The first-order valence-corrected chi connectivity index (χ1v) is 13.8. The van der Waals surface area contributed by atoms with Crippen molar-refractivity contribution in [1.82, 2.24) is 24.8 Å². The number of carbonyl (C=O) groups is 1. The zero-order chi connectivity index (χ0) is 27.5. The van der Waals surface area contributed by atoms with Crippen molar-refractivity contribution in [1.29, 1.82) is 0 Å². The van der Waals surface area contributed by atoms with Crippen molar-refractivity contribution in [2.75, 3.05) is 31.7 Å². The van der Waals surface area contributed by atoms with Gasteiger partial charge in [0.15, 0.2) is 0 Å². The second-order valence-electron chi connectivity index (χ2n) is 9.87. The van der Waals surface area contributed by atoms with Crippen molar-refractivity contribution in [2.24, 2.45) is 0 Å². The molecule has 1 unspecified atom stereocenters. The van der Waals surface area contributed by atoms with Crippen LogP contribution in [-0.4, -0.2) is 80.2 Å². The number of hydrogen-bond acceptors (Lipinski definition) is 8. The molecule has 0 spiro atoms. The van der Waals surface area contributed by atoms with Crippen molar-refractivity contribution in [3.05, 3.63) is 64.0 Å². The molecule has 1 fully saturated rings. The molecule has 4 N–H and O–H groups in total. The minimum atomic E-state index is -1.08. The number of nitrogens with one attached hydrogen (secondary N) is 2. The number of fused-ring (bicyclic) bond motifs is 1. The number of ether oxygens (including phenoxy) is 1. The second-order valence-corrected chi connectivity index (χ2v) is 10.7. The normalized spacial score (nSPS) is 18.5. The van der Waals surface area contributed by atoms with Gasteiger partial charge in [-0.1, -0.05) is 35.3 Å². The molecule has 2 aromatic heterocycles. The quantitative estimate of drug-likeness (QED) is 0.287. The highest BCUT2D eigenvalue weighted by Crippen LogP contribution is 2.31. The highest BCUT2D eigenvalue weighted by Gasteiger charge is 2.33. The van der Waals surface area contributed by atoms with E-state index in [0.717, 1.165) is 24.0 Å². The number of hydrogen-bond donors (Lipinski definition) is 4. The van der Waals surface area contributed by atoms with E-state index >= 15 is 0 Å². The van der Waals surface area contributed by atoms with Crippen LogP contribution in [0, 0.1) is 0 Å². The SMILES string of the molecule is C[C@H](C(O)N[C@H](CO)c1cccc(Cl)c1)N1CCn2cc(-c3nc(NC4CCOCC4)ncc3Cl)cc2C1=O. The van der Waals surface area contributed by atoms with Gasteiger partial charge in [-0.25, -0.2) is 9.97 Å². The van der Waals surface area contributed by atoms with Crippen LogP contribution >= 0.6 is 23.2 Å². The Morgan fingerprint density at radius 2 is 2.00 bits per heavy atom. The first-order valence-electron chi connectivity index (χ1n) is 13.0. The summed E-state index contributed by atoms with van der Waals surface area (Å²) in [5.41, 5.74) is 2.49. The molecule has 10 nitrogen and oxygen atoms in total. The molecule has 0 aliphatic carbocycles. The molecule has 5 rings (SSSR count). The first-order chi connectivity index (χ1) is 18.8. The molecular formula is C27H32Cl2N6O4. The molecule has 3 atom stereocenters. The van der Waals surface area contributed by atoms with Crippen LogP contribution in [0.15, 0.2) is 42.7 Å². The van der Waals surface area contributed by atoms with E-state index in [-0.39, 0.29) is 18.6 Å². The summed E-state index contributed by atoms with van der Waals surface area (Å²) in [6.07, 6.45) is 4.11. The maximum absolute atomic E-state index is 13.5. The van der Waals surface area contributed by atoms with Gasteiger partial charge in [0.1, 0.15) is 11.9 Å². The number of anilines is 1. The van der Waals surface area contributed by atoms with Gasteiger partial charge < -0.3 is 29.7 Å². The Hall–Kier alpha value is -2.73. The van der Waals surface area contributed by atoms with Crippen LogP contribution in [0.3, 0.4) is 0 Å². The number of aromatic nitrogens is 3. The van der Waals surface area contributed by atoms with Gasteiger partial charge in [-0.15, -0.1) is 0 Å². The lowest BCUT2D eigenvalue weighted by molar-refractivity contribution is 0.0137. The third-order valence-corrected chi connectivity index (χ3v) is 7.80. The van der Waals surface area contributed by atoms with Crippen LogP contribution in [-0.2, 0) is 11.3 Å². The van der Waals surface area contributed by atoms with E-state index < -0.39 is 18.3 Å². The van der Waals surface area contributed by atoms with E-state index in [2.05, 4.69) is 20.6 Å². The number of benzene rings is 1. The molecule has 1 amide bonds. The van der Waals surface area contributed by atoms with Gasteiger partial charge in [0.25, 0.3) is 5.91 Å². The molecule has 0 bridgehead atoms. The monoisotopic (exact) mass is 574 g/mol. The summed E-state index contributed by atoms with van der Waals surface area (Å²) >= 11 is 12.6. The maximum Gasteiger partial charge on any atom is 0.270 e. The van der Waals surface area contributed by atoms with Crippen LogP contribution in [0.5, 0.6) is 0 Å². The maximum atomic E-state index is 13.5. The lowest BCUT2D eigenvalue weighted by atomic mass is 10.1. The zero-order valence-electron chi connectivity index (χ0n) is 21.6. The summed E-state index contributed by atoms with van der Waals surface area (Å²) in [5.74, 6) is 0.272. The molecule has 1 aromatic carbocycles. The average molecular weight is 575 g/mol. The largest absolute Gasteiger partial charge is 0.394 e. The Kier molecular flexibility index (Phi) is 8.70. The molecule has 12 heteroatoms. The molecule has 208 valence electrons. The van der Waals surface area contributed by atoms with E-state index in [1.165, 1.54) is 0 Å². The van der Waals surface area contributed by atoms with Crippen molar-refractivity contribution in [3.63, 3.8) is 0 Å². The summed E-state index contributed by atoms with van der Waals surface area (Å²) < 4.78 is 7.30. The summed E-state index contributed by atoms with van der Waals surface area (Å²) in [7, 11) is 0. The number of halogens is 2. The van der Waals surface area contributed by atoms with Gasteiger partial charge in [0, 0.05) is 49.1 Å². The highest BCUT2D eigenvalue weighted by molar-refractivity contribution is 6.33. The van der Waals surface area contributed by atoms with E-state index in [4.69, 9.17) is 27.9 Å². The van der Waals surface area contributed by atoms with Crippen LogP contribution in [0.1, 0.15) is 41.9 Å². The second kappa shape index (κ2) is 12.2. The Bertz CT molecular complexity index is 1320. The third kappa shape index (κ3) is 6.21. The van der Waals surface area contributed by atoms with Crippen molar-refractivity contribution in [2.45, 2.75) is 50.7 Å². The highest BCUT2D eigenvalue weighted by atomic mass is 35.5. The standard InChI is InChI=1S/C27H32Cl2N6O4/c1-16(25(37)32-22(15-36)17-3-2-4-19(28)11-17)35-8-7-34-14-18(12-23(34)26(35)38)24-21(29)13-30-27(33-24)31-20-5-9-39-10-6-20/h2-4,11-14,16,20,22,25,32,36-37H,5-10,15H2,1H3,(H,30,31,33)/t16-,22-,25?/m1/s1. The molecular weight excluding hydrogens is 543 g/mol. The van der Waals surface area contributed by atoms with Crippen LogP contribution in [0.2, 0.25) is 10.0 Å². The van der Waals surface area contributed by atoms with Crippen LogP contribution < -0.4 is 10.6 Å².